The second-order valence-corrected chi connectivity index (χ2v) is 9.17. The van der Waals surface area contributed by atoms with Gasteiger partial charge in [-0.1, -0.05) is 25.1 Å². The van der Waals surface area contributed by atoms with Gasteiger partial charge in [0.1, 0.15) is 11.3 Å². The van der Waals surface area contributed by atoms with Crippen molar-refractivity contribution in [2.45, 2.75) is 26.7 Å². The second kappa shape index (κ2) is 11.1. The van der Waals surface area contributed by atoms with Gasteiger partial charge in [-0.05, 0) is 54.8 Å². The van der Waals surface area contributed by atoms with Crippen molar-refractivity contribution < 1.29 is 23.0 Å². The van der Waals surface area contributed by atoms with E-state index in [-0.39, 0.29) is 17.7 Å². The van der Waals surface area contributed by atoms with Crippen LogP contribution in [0.25, 0.3) is 22.2 Å². The van der Waals surface area contributed by atoms with E-state index < -0.39 is 22.8 Å². The topological polar surface area (TPSA) is 94.2 Å². The molecule has 0 fully saturated rings. The lowest BCUT2D eigenvalue weighted by Gasteiger charge is -2.14. The van der Waals surface area contributed by atoms with Crippen LogP contribution in [0.4, 0.5) is 8.78 Å². The standard InChI is InChI=1S/C31H25F2N3O4/c1-4-22-29(31(38)28(17(2)35-22)19-6-8-20(32)9-7-19)24(37)16-18-5-11-25(21(33)15-18)40-26-13-14-34-23-10-12-27(39-3)36-30(23)26/h5-15H,4,16H2,1-3H3,(H,35,38). The van der Waals surface area contributed by atoms with Crippen molar-refractivity contribution >= 4 is 16.8 Å². The summed E-state index contributed by atoms with van der Waals surface area (Å²) in [6, 6.07) is 14.7. The Morgan fingerprint density at radius 3 is 2.48 bits per heavy atom. The van der Waals surface area contributed by atoms with Crippen molar-refractivity contribution in [3.05, 3.63) is 111 Å². The molecule has 1 N–H and O–H groups in total. The monoisotopic (exact) mass is 541 g/mol. The Labute approximate surface area is 228 Å². The van der Waals surface area contributed by atoms with E-state index in [1.807, 2.05) is 6.92 Å². The number of nitrogens with zero attached hydrogens (tertiary/aromatic N) is 2. The highest BCUT2D eigenvalue weighted by Crippen LogP contribution is 2.31. The number of ketones is 1. The third-order valence-electron chi connectivity index (χ3n) is 6.55. The molecule has 9 heteroatoms. The van der Waals surface area contributed by atoms with E-state index in [0.717, 1.165) is 0 Å². The molecular formula is C31H25F2N3O4. The zero-order valence-corrected chi connectivity index (χ0v) is 22.0. The number of hydrogen-bond acceptors (Lipinski definition) is 6. The lowest BCUT2D eigenvalue weighted by molar-refractivity contribution is 0.0990. The van der Waals surface area contributed by atoms with Crippen LogP contribution in [0.2, 0.25) is 0 Å². The number of fused-ring (bicyclic) bond motifs is 1. The maximum atomic E-state index is 15.1. The minimum atomic E-state index is -0.682. The number of aryl methyl sites for hydroxylation is 2. The number of Topliss-reactive ketones (excluding diaryl/α,β-unsaturated/α-hetero) is 1. The van der Waals surface area contributed by atoms with E-state index >= 15 is 4.39 Å². The Balaban J connectivity index is 1.44. The molecule has 0 radical (unpaired) electrons. The zero-order chi connectivity index (χ0) is 28.4. The van der Waals surface area contributed by atoms with Gasteiger partial charge in [0.05, 0.1) is 18.2 Å². The summed E-state index contributed by atoms with van der Waals surface area (Å²) in [5.74, 6) is -0.973. The summed E-state index contributed by atoms with van der Waals surface area (Å²) in [4.78, 5) is 38.7. The minimum absolute atomic E-state index is 0.0106. The number of H-pyrrole nitrogens is 1. The fourth-order valence-corrected chi connectivity index (χ4v) is 4.62. The summed E-state index contributed by atoms with van der Waals surface area (Å²) in [5, 5.41) is 0. The van der Waals surface area contributed by atoms with Crippen LogP contribution in [0, 0.1) is 18.6 Å². The Morgan fingerprint density at radius 2 is 1.77 bits per heavy atom. The summed E-state index contributed by atoms with van der Waals surface area (Å²) in [6.07, 6.45) is 1.75. The van der Waals surface area contributed by atoms with Crippen LogP contribution >= 0.6 is 0 Å². The van der Waals surface area contributed by atoms with Gasteiger partial charge >= 0.3 is 0 Å². The van der Waals surface area contributed by atoms with Crippen molar-refractivity contribution in [3.8, 4) is 28.5 Å². The fourth-order valence-electron chi connectivity index (χ4n) is 4.62. The molecule has 0 atom stereocenters. The van der Waals surface area contributed by atoms with Gasteiger partial charge in [-0.15, -0.1) is 0 Å². The molecule has 5 rings (SSSR count). The van der Waals surface area contributed by atoms with Gasteiger partial charge < -0.3 is 14.5 Å². The molecule has 3 heterocycles. The molecule has 0 saturated carbocycles. The first kappa shape index (κ1) is 26.7. The predicted octanol–water partition coefficient (Wildman–Crippen LogP) is 6.36. The lowest BCUT2D eigenvalue weighted by Crippen LogP contribution is -2.23. The summed E-state index contributed by atoms with van der Waals surface area (Å²) in [6.45, 7) is 3.57. The largest absolute Gasteiger partial charge is 0.481 e. The van der Waals surface area contributed by atoms with E-state index in [9.17, 15) is 14.0 Å². The summed E-state index contributed by atoms with van der Waals surface area (Å²) < 4.78 is 39.6. The van der Waals surface area contributed by atoms with Crippen LogP contribution in [0.1, 0.15) is 34.2 Å². The molecule has 0 unspecified atom stereocenters. The van der Waals surface area contributed by atoms with E-state index in [4.69, 9.17) is 9.47 Å². The normalized spacial score (nSPS) is 11.0. The van der Waals surface area contributed by atoms with E-state index in [1.165, 1.54) is 49.7 Å². The number of benzene rings is 2. The first-order valence-electron chi connectivity index (χ1n) is 12.6. The molecule has 0 spiro atoms. The quantitative estimate of drug-likeness (QED) is 0.230. The molecule has 2 aromatic carbocycles. The van der Waals surface area contributed by atoms with Gasteiger partial charge in [-0.25, -0.2) is 13.8 Å². The number of carbonyl (C=O) groups is 1. The van der Waals surface area contributed by atoms with Crippen LogP contribution in [0.5, 0.6) is 17.4 Å². The number of hydrogen-bond donors (Lipinski definition) is 1. The molecule has 0 aliphatic heterocycles. The molecule has 0 saturated heterocycles. The maximum absolute atomic E-state index is 15.1. The highest BCUT2D eigenvalue weighted by Gasteiger charge is 2.22. The second-order valence-electron chi connectivity index (χ2n) is 9.17. The van der Waals surface area contributed by atoms with Crippen molar-refractivity contribution in [3.63, 3.8) is 0 Å². The third-order valence-corrected chi connectivity index (χ3v) is 6.55. The highest BCUT2D eigenvalue weighted by molar-refractivity contribution is 5.99. The molecule has 0 bridgehead atoms. The predicted molar refractivity (Wildman–Crippen MR) is 147 cm³/mol. The smallest absolute Gasteiger partial charge is 0.213 e. The van der Waals surface area contributed by atoms with Crippen LogP contribution in [0.3, 0.4) is 0 Å². The highest BCUT2D eigenvalue weighted by atomic mass is 19.1. The minimum Gasteiger partial charge on any atom is -0.481 e. The number of methoxy groups -OCH3 is 1. The van der Waals surface area contributed by atoms with Crippen molar-refractivity contribution in [1.82, 2.24) is 15.0 Å². The van der Waals surface area contributed by atoms with E-state index in [0.29, 0.717) is 57.2 Å². The Bertz CT molecular complexity index is 1800. The molecule has 0 aliphatic rings. The Hall–Kier alpha value is -4.92. The summed E-state index contributed by atoms with van der Waals surface area (Å²) in [5.41, 5.74) is 2.76. The molecule has 40 heavy (non-hydrogen) atoms. The summed E-state index contributed by atoms with van der Waals surface area (Å²) in [7, 11) is 1.49. The number of halogens is 2. The van der Waals surface area contributed by atoms with Gasteiger partial charge in [0.15, 0.2) is 23.1 Å². The number of aromatic amines is 1. The van der Waals surface area contributed by atoms with Gasteiger partial charge in [-0.2, -0.15) is 0 Å². The van der Waals surface area contributed by atoms with E-state index in [1.54, 1.807) is 31.2 Å². The van der Waals surface area contributed by atoms with Crippen molar-refractivity contribution in [2.24, 2.45) is 0 Å². The SMILES string of the molecule is CCc1[nH]c(C)c(-c2ccc(F)cc2)c(=O)c1C(=O)Cc1ccc(Oc2ccnc3ccc(OC)nc23)c(F)c1. The molecule has 3 aromatic heterocycles. The first-order valence-corrected chi connectivity index (χ1v) is 12.6. The summed E-state index contributed by atoms with van der Waals surface area (Å²) >= 11 is 0. The van der Waals surface area contributed by atoms with Gasteiger partial charge in [0, 0.05) is 41.7 Å². The van der Waals surface area contributed by atoms with Crippen LogP contribution < -0.4 is 14.9 Å². The lowest BCUT2D eigenvalue weighted by atomic mass is 9.94. The zero-order valence-electron chi connectivity index (χ0n) is 22.0. The average molecular weight is 542 g/mol. The van der Waals surface area contributed by atoms with Crippen molar-refractivity contribution in [1.29, 1.82) is 0 Å². The molecule has 5 aromatic rings. The Morgan fingerprint density at radius 1 is 1.00 bits per heavy atom. The van der Waals surface area contributed by atoms with Gasteiger partial charge in [0.2, 0.25) is 11.3 Å². The van der Waals surface area contributed by atoms with Crippen LogP contribution in [-0.4, -0.2) is 27.8 Å². The van der Waals surface area contributed by atoms with Crippen LogP contribution in [0.15, 0.2) is 71.7 Å². The number of nitrogens with one attached hydrogen (secondary N) is 1. The molecular weight excluding hydrogens is 516 g/mol. The number of pyridine rings is 3. The Kier molecular flexibility index (Phi) is 7.37. The molecule has 0 amide bonds. The molecule has 0 aliphatic carbocycles. The molecule has 7 nitrogen and oxygen atoms in total. The van der Waals surface area contributed by atoms with Crippen molar-refractivity contribution in [2.75, 3.05) is 7.11 Å². The van der Waals surface area contributed by atoms with Gasteiger partial charge in [-0.3, -0.25) is 14.6 Å². The van der Waals surface area contributed by atoms with Crippen LogP contribution in [-0.2, 0) is 12.8 Å². The number of carbonyl (C=O) groups excluding carboxylic acids is 1. The molecule has 202 valence electrons. The number of ether oxygens (including phenoxy) is 2. The van der Waals surface area contributed by atoms with E-state index in [2.05, 4.69) is 15.0 Å². The first-order chi connectivity index (χ1) is 19.3. The fraction of sp³-hybridized carbons (Fsp3) is 0.161. The van der Waals surface area contributed by atoms with Gasteiger partial charge in [0.25, 0.3) is 0 Å². The number of aromatic nitrogens is 3. The number of rotatable bonds is 8. The average Bonchev–Trinajstić information content (AvgIpc) is 2.94. The maximum Gasteiger partial charge on any atom is 0.213 e. The third kappa shape index (κ3) is 5.18.